The molecule has 0 radical (unpaired) electrons. The average Bonchev–Trinajstić information content (AvgIpc) is 2.72. The number of hydrogen-bond acceptors (Lipinski definition) is 7. The van der Waals surface area contributed by atoms with E-state index in [-0.39, 0.29) is 33.8 Å². The number of nitro groups is 1. The molecule has 0 aliphatic carbocycles. The second-order valence-corrected chi connectivity index (χ2v) is 6.95. The number of nitriles is 2. The Balaban J connectivity index is 2.11. The van der Waals surface area contributed by atoms with Gasteiger partial charge >= 0.3 is 0 Å². The number of aromatic amines is 1. The van der Waals surface area contributed by atoms with Crippen LogP contribution in [-0.4, -0.2) is 9.91 Å². The number of nitrogen functional groups attached to an aromatic ring is 1. The third kappa shape index (κ3) is 3.95. The highest BCUT2D eigenvalue weighted by Gasteiger charge is 2.22. The van der Waals surface area contributed by atoms with Crippen LogP contribution >= 0.6 is 11.8 Å². The normalized spacial score (nSPS) is 10.1. The number of nitro benzene ring substituents is 1. The zero-order chi connectivity index (χ0) is 21.0. The molecule has 0 atom stereocenters. The van der Waals surface area contributed by atoms with Crippen LogP contribution in [-0.2, 0) is 5.75 Å². The maximum Gasteiger partial charge on any atom is 0.283 e. The highest BCUT2D eigenvalue weighted by Crippen LogP contribution is 2.37. The van der Waals surface area contributed by atoms with Crippen molar-refractivity contribution < 1.29 is 4.92 Å². The highest BCUT2D eigenvalue weighted by atomic mass is 32.2. The van der Waals surface area contributed by atoms with Gasteiger partial charge in [-0.1, -0.05) is 36.4 Å². The molecule has 0 fully saturated rings. The number of H-pyrrole nitrogens is 1. The van der Waals surface area contributed by atoms with Crippen LogP contribution in [0.1, 0.15) is 16.7 Å². The van der Waals surface area contributed by atoms with Crippen molar-refractivity contribution in [1.29, 1.82) is 10.5 Å². The summed E-state index contributed by atoms with van der Waals surface area (Å²) in [6.07, 6.45) is 0. The van der Waals surface area contributed by atoms with Crippen LogP contribution in [0.2, 0.25) is 0 Å². The highest BCUT2D eigenvalue weighted by molar-refractivity contribution is 7.98. The third-order valence-electron chi connectivity index (χ3n) is 4.15. The lowest BCUT2D eigenvalue weighted by Crippen LogP contribution is -2.16. The summed E-state index contributed by atoms with van der Waals surface area (Å²) in [7, 11) is 0. The van der Waals surface area contributed by atoms with Crippen LogP contribution < -0.4 is 11.3 Å². The topological polar surface area (TPSA) is 150 Å². The fourth-order valence-corrected chi connectivity index (χ4v) is 3.77. The number of nitrogens with zero attached hydrogens (tertiary/aromatic N) is 3. The Morgan fingerprint density at radius 3 is 2.41 bits per heavy atom. The number of anilines is 1. The first-order valence-corrected chi connectivity index (χ1v) is 9.26. The van der Waals surface area contributed by atoms with Crippen molar-refractivity contribution in [2.75, 3.05) is 5.73 Å². The molecular formula is C20H13N5O3S. The predicted octanol–water partition coefficient (Wildman–Crippen LogP) is 3.57. The molecule has 3 rings (SSSR count). The summed E-state index contributed by atoms with van der Waals surface area (Å²) in [4.78, 5) is 25.8. The van der Waals surface area contributed by atoms with Crippen molar-refractivity contribution >= 4 is 23.3 Å². The van der Waals surface area contributed by atoms with E-state index in [4.69, 9.17) is 5.73 Å². The van der Waals surface area contributed by atoms with Gasteiger partial charge in [-0.25, -0.2) is 0 Å². The van der Waals surface area contributed by atoms with Gasteiger partial charge in [-0.15, -0.1) is 11.8 Å². The Morgan fingerprint density at radius 2 is 1.79 bits per heavy atom. The number of benzene rings is 2. The first-order chi connectivity index (χ1) is 14.0. The number of hydrogen-bond donors (Lipinski definition) is 2. The fourth-order valence-electron chi connectivity index (χ4n) is 2.80. The third-order valence-corrected chi connectivity index (χ3v) is 5.28. The van der Waals surface area contributed by atoms with Crippen molar-refractivity contribution in [3.8, 4) is 23.3 Å². The van der Waals surface area contributed by atoms with E-state index < -0.39 is 10.5 Å². The molecule has 0 spiro atoms. The molecular weight excluding hydrogens is 390 g/mol. The first kappa shape index (κ1) is 19.7. The average molecular weight is 403 g/mol. The van der Waals surface area contributed by atoms with Gasteiger partial charge < -0.3 is 10.7 Å². The number of thioether (sulfide) groups is 1. The Kier molecular flexibility index (Phi) is 5.63. The van der Waals surface area contributed by atoms with Crippen molar-refractivity contribution in [3.63, 3.8) is 0 Å². The minimum absolute atomic E-state index is 0.0149. The van der Waals surface area contributed by atoms with Crippen molar-refractivity contribution in [2.45, 2.75) is 10.6 Å². The molecule has 0 aliphatic heterocycles. The predicted molar refractivity (Wildman–Crippen MR) is 109 cm³/mol. The number of nitrogens with two attached hydrogens (primary N) is 1. The molecule has 0 saturated heterocycles. The van der Waals surface area contributed by atoms with Gasteiger partial charge in [0.15, 0.2) is 0 Å². The molecule has 3 aromatic rings. The number of pyridine rings is 1. The van der Waals surface area contributed by atoms with Crippen molar-refractivity contribution in [1.82, 2.24) is 4.98 Å². The van der Waals surface area contributed by atoms with E-state index in [1.165, 1.54) is 23.9 Å². The fraction of sp³-hybridized carbons (Fsp3) is 0.0500. The van der Waals surface area contributed by atoms with Crippen LogP contribution in [0.5, 0.6) is 0 Å². The molecule has 8 nitrogen and oxygen atoms in total. The second kappa shape index (κ2) is 8.30. The number of rotatable bonds is 5. The Bertz CT molecular complexity index is 1240. The molecule has 0 amide bonds. The van der Waals surface area contributed by atoms with E-state index in [9.17, 15) is 25.4 Å². The van der Waals surface area contributed by atoms with Gasteiger partial charge in [-0.05, 0) is 17.2 Å². The van der Waals surface area contributed by atoms with Gasteiger partial charge in [-0.2, -0.15) is 10.5 Å². The summed E-state index contributed by atoms with van der Waals surface area (Å²) in [6, 6.07) is 17.4. The summed E-state index contributed by atoms with van der Waals surface area (Å²) in [5, 5.41) is 30.4. The Hall–Kier alpha value is -4.08. The van der Waals surface area contributed by atoms with Crippen LogP contribution in [0.3, 0.4) is 0 Å². The first-order valence-electron chi connectivity index (χ1n) is 8.27. The summed E-state index contributed by atoms with van der Waals surface area (Å²) >= 11 is 1.29. The molecule has 0 bridgehead atoms. The molecule has 2 aromatic carbocycles. The van der Waals surface area contributed by atoms with Gasteiger partial charge in [0, 0.05) is 17.4 Å². The van der Waals surface area contributed by atoms with Gasteiger partial charge in [0.25, 0.3) is 11.2 Å². The minimum Gasteiger partial charge on any atom is -0.384 e. The van der Waals surface area contributed by atoms with E-state index in [1.807, 2.05) is 36.4 Å². The van der Waals surface area contributed by atoms with Gasteiger partial charge in [0.05, 0.1) is 9.82 Å². The molecule has 1 heterocycles. The van der Waals surface area contributed by atoms with Crippen molar-refractivity contribution in [2.24, 2.45) is 0 Å². The van der Waals surface area contributed by atoms with Crippen LogP contribution in [0.25, 0.3) is 11.1 Å². The molecule has 29 heavy (non-hydrogen) atoms. The van der Waals surface area contributed by atoms with E-state index in [0.717, 1.165) is 5.56 Å². The smallest absolute Gasteiger partial charge is 0.283 e. The Morgan fingerprint density at radius 1 is 1.10 bits per heavy atom. The quantitative estimate of drug-likeness (QED) is 0.375. The Labute approximate surface area is 169 Å². The monoisotopic (exact) mass is 403 g/mol. The largest absolute Gasteiger partial charge is 0.384 e. The lowest BCUT2D eigenvalue weighted by Gasteiger charge is -2.10. The van der Waals surface area contributed by atoms with E-state index in [1.54, 1.807) is 12.1 Å². The zero-order valence-corrected chi connectivity index (χ0v) is 15.7. The van der Waals surface area contributed by atoms with Gasteiger partial charge in [0.2, 0.25) is 0 Å². The van der Waals surface area contributed by atoms with Crippen LogP contribution in [0.15, 0.2) is 58.2 Å². The molecule has 9 heteroatoms. The van der Waals surface area contributed by atoms with E-state index in [0.29, 0.717) is 10.6 Å². The number of aromatic nitrogens is 1. The van der Waals surface area contributed by atoms with Crippen LogP contribution in [0, 0.1) is 32.8 Å². The maximum atomic E-state index is 12.1. The molecule has 0 unspecified atom stereocenters. The summed E-state index contributed by atoms with van der Waals surface area (Å²) in [5.74, 6) is 0.336. The second-order valence-electron chi connectivity index (χ2n) is 5.93. The summed E-state index contributed by atoms with van der Waals surface area (Å²) < 4.78 is 0. The SMILES string of the molecule is N#Cc1c(N)[nH]c(=O)c(C#N)c1-c1ccc(SCc2ccccc2)c([N+](=O)[O-])c1. The van der Waals surface area contributed by atoms with Crippen molar-refractivity contribution in [3.05, 3.63) is 85.7 Å². The van der Waals surface area contributed by atoms with Crippen LogP contribution in [0.4, 0.5) is 11.5 Å². The number of nitrogens with one attached hydrogen (secondary N) is 1. The lowest BCUT2D eigenvalue weighted by molar-refractivity contribution is -0.387. The molecule has 1 aromatic heterocycles. The van der Waals surface area contributed by atoms with E-state index in [2.05, 4.69) is 4.98 Å². The molecule has 0 aliphatic rings. The van der Waals surface area contributed by atoms with E-state index >= 15 is 0 Å². The van der Waals surface area contributed by atoms with Gasteiger partial charge in [0.1, 0.15) is 29.1 Å². The molecule has 3 N–H and O–H groups in total. The van der Waals surface area contributed by atoms with Gasteiger partial charge in [-0.3, -0.25) is 14.9 Å². The zero-order valence-electron chi connectivity index (χ0n) is 14.9. The summed E-state index contributed by atoms with van der Waals surface area (Å²) in [5.41, 5.74) is 5.52. The summed E-state index contributed by atoms with van der Waals surface area (Å²) in [6.45, 7) is 0. The molecule has 0 saturated carbocycles. The molecule has 142 valence electrons. The maximum absolute atomic E-state index is 12.1. The minimum atomic E-state index is -0.760. The standard InChI is InChI=1S/C20H13N5O3S/c21-9-14-18(15(10-22)20(26)24-19(14)23)13-6-7-17(16(8-13)25(27)28)29-11-12-4-2-1-3-5-12/h1-8H,11H2,(H3,23,24,26). The lowest BCUT2D eigenvalue weighted by atomic mass is 9.96.